The maximum absolute atomic E-state index is 13.5. The molecule has 0 spiro atoms. The summed E-state index contributed by atoms with van der Waals surface area (Å²) in [7, 11) is -3.87. The Bertz CT molecular complexity index is 1160. The van der Waals surface area contributed by atoms with E-state index >= 15 is 0 Å². The number of halogens is 1. The largest absolute Gasteiger partial charge is 0.454 e. The molecule has 0 bridgehead atoms. The zero-order valence-electron chi connectivity index (χ0n) is 20.0. The molecule has 2 amide bonds. The van der Waals surface area contributed by atoms with Crippen LogP contribution in [0.4, 0.5) is 10.1 Å². The second-order valence-electron chi connectivity index (χ2n) is 8.28. The molecule has 2 aromatic rings. The fraction of sp³-hybridized carbons (Fsp3) is 0.417. The molecule has 9 nitrogen and oxygen atoms in total. The number of carbonyl (C=O) groups is 2. The molecule has 1 atom stereocenters. The highest BCUT2D eigenvalue weighted by atomic mass is 32.2. The Kier molecular flexibility index (Phi) is 8.55. The molecule has 1 heterocycles. The second-order valence-corrected chi connectivity index (χ2v) is 10.2. The smallest absolute Gasteiger partial charge is 0.244 e. The Morgan fingerprint density at radius 3 is 2.46 bits per heavy atom. The van der Waals surface area contributed by atoms with Crippen LogP contribution in [0.1, 0.15) is 32.3 Å². The third kappa shape index (κ3) is 6.84. The quantitative estimate of drug-likeness (QED) is 0.469. The van der Waals surface area contributed by atoms with E-state index in [0.717, 1.165) is 23.4 Å². The lowest BCUT2D eigenvalue weighted by Gasteiger charge is -2.31. The van der Waals surface area contributed by atoms with E-state index in [1.165, 1.54) is 41.3 Å². The standard InChI is InChI=1S/C24H30FN3O6S/c1-4-5-12-26-24(30)17(2)27(14-18-6-8-19(25)9-7-18)23(29)15-28(35(3,31)32)20-10-11-21-22(13-20)34-16-33-21/h6-11,13,17H,4-5,12,14-16H2,1-3H3,(H,26,30). The number of amides is 2. The van der Waals surface area contributed by atoms with Crippen LogP contribution in [0.5, 0.6) is 11.5 Å². The molecule has 190 valence electrons. The van der Waals surface area contributed by atoms with Gasteiger partial charge in [-0.3, -0.25) is 13.9 Å². The first-order valence-corrected chi connectivity index (χ1v) is 13.1. The third-order valence-corrected chi connectivity index (χ3v) is 6.73. The van der Waals surface area contributed by atoms with Gasteiger partial charge >= 0.3 is 0 Å². The summed E-state index contributed by atoms with van der Waals surface area (Å²) >= 11 is 0. The van der Waals surface area contributed by atoms with Gasteiger partial charge in [-0.1, -0.05) is 25.5 Å². The second kappa shape index (κ2) is 11.4. The number of anilines is 1. The summed E-state index contributed by atoms with van der Waals surface area (Å²) in [5.74, 6) is -0.527. The van der Waals surface area contributed by atoms with Gasteiger partial charge in [-0.15, -0.1) is 0 Å². The van der Waals surface area contributed by atoms with Crippen molar-refractivity contribution in [3.63, 3.8) is 0 Å². The molecular weight excluding hydrogens is 477 g/mol. The average molecular weight is 508 g/mol. The summed E-state index contributed by atoms with van der Waals surface area (Å²) in [5.41, 5.74) is 0.828. The van der Waals surface area contributed by atoms with E-state index < -0.39 is 34.3 Å². The molecule has 0 radical (unpaired) electrons. The number of hydrogen-bond donors (Lipinski definition) is 1. The van der Waals surface area contributed by atoms with E-state index in [9.17, 15) is 22.4 Å². The number of rotatable bonds is 11. The summed E-state index contributed by atoms with van der Waals surface area (Å²) in [6.07, 6.45) is 2.68. The van der Waals surface area contributed by atoms with Gasteiger partial charge < -0.3 is 19.7 Å². The van der Waals surface area contributed by atoms with Crippen molar-refractivity contribution in [3.8, 4) is 11.5 Å². The van der Waals surface area contributed by atoms with E-state index in [-0.39, 0.29) is 24.9 Å². The number of hydrogen-bond acceptors (Lipinski definition) is 6. The minimum absolute atomic E-state index is 0.000217. The molecule has 35 heavy (non-hydrogen) atoms. The molecule has 1 N–H and O–H groups in total. The molecule has 1 aliphatic heterocycles. The zero-order valence-corrected chi connectivity index (χ0v) is 20.8. The van der Waals surface area contributed by atoms with Crippen LogP contribution in [-0.2, 0) is 26.2 Å². The Balaban J connectivity index is 1.87. The van der Waals surface area contributed by atoms with Crippen molar-refractivity contribution in [2.75, 3.05) is 30.4 Å². The Labute approximate surface area is 204 Å². The lowest BCUT2D eigenvalue weighted by Crippen LogP contribution is -2.51. The number of fused-ring (bicyclic) bond motifs is 1. The highest BCUT2D eigenvalue weighted by Gasteiger charge is 2.30. The summed E-state index contributed by atoms with van der Waals surface area (Å²) in [5, 5.41) is 2.80. The van der Waals surface area contributed by atoms with E-state index in [4.69, 9.17) is 9.47 Å². The monoisotopic (exact) mass is 507 g/mol. The van der Waals surface area contributed by atoms with E-state index in [0.29, 0.717) is 23.6 Å². The van der Waals surface area contributed by atoms with Crippen LogP contribution in [0.15, 0.2) is 42.5 Å². The Hall–Kier alpha value is -3.34. The van der Waals surface area contributed by atoms with Gasteiger partial charge in [-0.05, 0) is 43.2 Å². The van der Waals surface area contributed by atoms with Crippen molar-refractivity contribution >= 4 is 27.5 Å². The van der Waals surface area contributed by atoms with Gasteiger partial charge in [0.25, 0.3) is 0 Å². The molecule has 2 aromatic carbocycles. The SMILES string of the molecule is CCCCNC(=O)C(C)N(Cc1ccc(F)cc1)C(=O)CN(c1ccc2c(c1)OCO2)S(C)(=O)=O. The number of nitrogens with one attached hydrogen (secondary N) is 1. The summed E-state index contributed by atoms with van der Waals surface area (Å²) < 4.78 is 50.2. The van der Waals surface area contributed by atoms with Crippen molar-refractivity contribution in [1.29, 1.82) is 0 Å². The number of sulfonamides is 1. The van der Waals surface area contributed by atoms with Crippen LogP contribution in [0.3, 0.4) is 0 Å². The normalized spacial score (nSPS) is 13.3. The fourth-order valence-corrected chi connectivity index (χ4v) is 4.40. The molecule has 1 aliphatic rings. The minimum atomic E-state index is -3.87. The van der Waals surface area contributed by atoms with Crippen molar-refractivity contribution in [2.24, 2.45) is 0 Å². The molecule has 3 rings (SSSR count). The van der Waals surface area contributed by atoms with Crippen molar-refractivity contribution in [1.82, 2.24) is 10.2 Å². The maximum atomic E-state index is 13.5. The molecule has 0 aliphatic carbocycles. The first-order chi connectivity index (χ1) is 16.6. The van der Waals surface area contributed by atoms with Crippen molar-refractivity contribution in [3.05, 3.63) is 53.8 Å². The van der Waals surface area contributed by atoms with Crippen LogP contribution in [0, 0.1) is 5.82 Å². The van der Waals surface area contributed by atoms with Gasteiger partial charge in [0, 0.05) is 19.2 Å². The van der Waals surface area contributed by atoms with Crippen LogP contribution in [0.2, 0.25) is 0 Å². The first-order valence-electron chi connectivity index (χ1n) is 11.3. The number of nitrogens with zero attached hydrogens (tertiary/aromatic N) is 2. The predicted octanol–water partition coefficient (Wildman–Crippen LogP) is 2.65. The van der Waals surface area contributed by atoms with E-state index in [2.05, 4.69) is 5.32 Å². The maximum Gasteiger partial charge on any atom is 0.244 e. The Morgan fingerprint density at radius 2 is 1.80 bits per heavy atom. The van der Waals surface area contributed by atoms with Gasteiger partial charge in [-0.2, -0.15) is 0 Å². The topological polar surface area (TPSA) is 105 Å². The number of ether oxygens (including phenoxy) is 2. The van der Waals surface area contributed by atoms with Gasteiger partial charge in [0.1, 0.15) is 18.4 Å². The molecule has 0 saturated heterocycles. The van der Waals surface area contributed by atoms with Crippen LogP contribution in [0.25, 0.3) is 0 Å². The number of benzene rings is 2. The minimum Gasteiger partial charge on any atom is -0.454 e. The molecule has 1 unspecified atom stereocenters. The predicted molar refractivity (Wildman–Crippen MR) is 129 cm³/mol. The Morgan fingerprint density at radius 1 is 1.11 bits per heavy atom. The van der Waals surface area contributed by atoms with Crippen LogP contribution >= 0.6 is 0 Å². The zero-order chi connectivity index (χ0) is 25.6. The third-order valence-electron chi connectivity index (χ3n) is 5.59. The van der Waals surface area contributed by atoms with E-state index in [1.54, 1.807) is 13.0 Å². The first kappa shape index (κ1) is 26.3. The van der Waals surface area contributed by atoms with E-state index in [1.807, 2.05) is 6.92 Å². The van der Waals surface area contributed by atoms with Gasteiger partial charge in [0.2, 0.25) is 28.6 Å². The van der Waals surface area contributed by atoms with Crippen LogP contribution < -0.4 is 19.1 Å². The molecule has 11 heteroatoms. The average Bonchev–Trinajstić information content (AvgIpc) is 3.29. The highest BCUT2D eigenvalue weighted by molar-refractivity contribution is 7.92. The lowest BCUT2D eigenvalue weighted by molar-refractivity contribution is -0.139. The summed E-state index contributed by atoms with van der Waals surface area (Å²) in [4.78, 5) is 27.5. The molecular formula is C24H30FN3O6S. The fourth-order valence-electron chi connectivity index (χ4n) is 3.56. The van der Waals surface area contributed by atoms with Gasteiger partial charge in [0.05, 0.1) is 11.9 Å². The molecule has 0 aromatic heterocycles. The summed E-state index contributed by atoms with van der Waals surface area (Å²) in [6.45, 7) is 3.52. The molecule has 0 saturated carbocycles. The summed E-state index contributed by atoms with van der Waals surface area (Å²) in [6, 6.07) is 9.25. The number of carbonyl (C=O) groups excluding carboxylic acids is 2. The van der Waals surface area contributed by atoms with Crippen LogP contribution in [-0.4, -0.2) is 57.3 Å². The van der Waals surface area contributed by atoms with Crippen molar-refractivity contribution < 1.29 is 31.9 Å². The van der Waals surface area contributed by atoms with Crippen molar-refractivity contribution in [2.45, 2.75) is 39.3 Å². The van der Waals surface area contributed by atoms with Gasteiger partial charge in [-0.25, -0.2) is 12.8 Å². The highest BCUT2D eigenvalue weighted by Crippen LogP contribution is 2.36. The lowest BCUT2D eigenvalue weighted by atomic mass is 10.1. The number of unbranched alkanes of at least 4 members (excludes halogenated alkanes) is 1. The van der Waals surface area contributed by atoms with Gasteiger partial charge in [0.15, 0.2) is 11.5 Å². The molecule has 0 fully saturated rings.